The third-order valence-corrected chi connectivity index (χ3v) is 5.44. The van der Waals surface area contributed by atoms with Gasteiger partial charge in [0.25, 0.3) is 0 Å². The van der Waals surface area contributed by atoms with Gasteiger partial charge in [0.1, 0.15) is 24.6 Å². The van der Waals surface area contributed by atoms with Crippen LogP contribution in [-0.2, 0) is 15.8 Å². The van der Waals surface area contributed by atoms with Crippen molar-refractivity contribution in [1.82, 2.24) is 19.5 Å². The summed E-state index contributed by atoms with van der Waals surface area (Å²) < 4.78 is 63.6. The Morgan fingerprint density at radius 3 is 2.50 bits per heavy atom. The Morgan fingerprint density at radius 1 is 1.12 bits per heavy atom. The van der Waals surface area contributed by atoms with Crippen molar-refractivity contribution < 1.29 is 52.1 Å². The van der Waals surface area contributed by atoms with Gasteiger partial charge in [-0.25, -0.2) is 28.3 Å². The van der Waals surface area contributed by atoms with Crippen molar-refractivity contribution in [2.24, 2.45) is 0 Å². The number of nitrogens with one attached hydrogen (secondary N) is 1. The molecule has 0 bridgehead atoms. The molecule has 3 heterocycles. The molecule has 0 saturated carbocycles. The number of aliphatic hydroxyl groups is 3. The zero-order chi connectivity index (χ0) is 24.8. The number of ether oxygens (including phenoxy) is 1. The number of fused-ring (bicyclic) bond motifs is 1. The third kappa shape index (κ3) is 4.44. The van der Waals surface area contributed by atoms with Crippen molar-refractivity contribution in [2.75, 3.05) is 11.9 Å². The van der Waals surface area contributed by atoms with Crippen LogP contribution in [-0.4, -0.2) is 69.5 Å². The summed E-state index contributed by atoms with van der Waals surface area (Å²) in [4.78, 5) is 29.7. The van der Waals surface area contributed by atoms with Gasteiger partial charge in [-0.05, 0) is 6.07 Å². The smallest absolute Gasteiger partial charge is 0.401 e. The van der Waals surface area contributed by atoms with E-state index in [-0.39, 0.29) is 17.0 Å². The molecule has 1 saturated heterocycles. The SMILES string of the molecule is O=P(O)(O)Oc1cc(CNc2ncnc3c2ncn3[C@@H]2O[C@H](CO)[C@@H](O)[C@H]2O)c(F)c(F)c1F. The number of anilines is 1. The number of phosphoric ester groups is 1. The molecule has 0 spiro atoms. The largest absolute Gasteiger partial charge is 0.524 e. The van der Waals surface area contributed by atoms with Gasteiger partial charge in [0.05, 0.1) is 12.9 Å². The van der Waals surface area contributed by atoms with Crippen LogP contribution in [0.3, 0.4) is 0 Å². The van der Waals surface area contributed by atoms with Gasteiger partial charge in [0.15, 0.2) is 40.6 Å². The standard InChI is InChI=1S/C17H17F3N5O8P/c18-9-6(1-7(10(19)11(9)20)33-34(29,30)31)2-21-15-12-16(23-4-22-15)25(5-24-12)17-14(28)13(27)8(3-26)32-17/h1,4-5,8,13-14,17,26-28H,2-3H2,(H,21,22,23)(H2,29,30,31)/t8-,13-,14-,17-/m1/s1. The minimum Gasteiger partial charge on any atom is -0.401 e. The second-order valence-corrected chi connectivity index (χ2v) is 8.35. The predicted octanol–water partition coefficient (Wildman–Crippen LogP) is -0.0613. The average Bonchev–Trinajstić information content (AvgIpc) is 3.33. The Kier molecular flexibility index (Phi) is 6.48. The molecule has 4 rings (SSSR count). The van der Waals surface area contributed by atoms with E-state index in [1.54, 1.807) is 0 Å². The summed E-state index contributed by atoms with van der Waals surface area (Å²) in [6.07, 6.45) is -2.67. The molecule has 1 aliphatic heterocycles. The Hall–Kier alpha value is -2.85. The third-order valence-electron chi connectivity index (χ3n) is 5.00. The minimum absolute atomic E-state index is 0.00270. The van der Waals surface area contributed by atoms with Gasteiger partial charge >= 0.3 is 7.82 Å². The maximum atomic E-state index is 14.2. The number of aromatic nitrogens is 4. The maximum Gasteiger partial charge on any atom is 0.524 e. The Bertz CT molecular complexity index is 1270. The summed E-state index contributed by atoms with van der Waals surface area (Å²) in [7, 11) is -5.25. The molecule has 13 nitrogen and oxygen atoms in total. The lowest BCUT2D eigenvalue weighted by Gasteiger charge is -2.16. The summed E-state index contributed by atoms with van der Waals surface area (Å²) in [5, 5.41) is 32.1. The van der Waals surface area contributed by atoms with Crippen LogP contribution in [0.15, 0.2) is 18.7 Å². The number of nitrogens with zero attached hydrogens (tertiary/aromatic N) is 4. The van der Waals surface area contributed by atoms with Gasteiger partial charge in [-0.2, -0.15) is 4.39 Å². The molecule has 0 amide bonds. The second-order valence-electron chi connectivity index (χ2n) is 7.19. The Morgan fingerprint density at radius 2 is 1.85 bits per heavy atom. The molecule has 1 aliphatic rings. The van der Waals surface area contributed by atoms with E-state index in [0.717, 1.165) is 6.33 Å². The van der Waals surface area contributed by atoms with Crippen molar-refractivity contribution in [3.05, 3.63) is 41.7 Å². The lowest BCUT2D eigenvalue weighted by Crippen LogP contribution is -2.33. The number of benzene rings is 1. The topological polar surface area (TPSA) is 192 Å². The first-order valence-electron chi connectivity index (χ1n) is 9.47. The van der Waals surface area contributed by atoms with E-state index in [0.29, 0.717) is 6.07 Å². The molecule has 0 radical (unpaired) electrons. The number of phosphoric acid groups is 1. The summed E-state index contributed by atoms with van der Waals surface area (Å²) in [6, 6.07) is 0.579. The highest BCUT2D eigenvalue weighted by Crippen LogP contribution is 2.40. The van der Waals surface area contributed by atoms with E-state index >= 15 is 0 Å². The molecule has 0 aliphatic carbocycles. The quantitative estimate of drug-likeness (QED) is 0.185. The van der Waals surface area contributed by atoms with Crippen LogP contribution in [0.4, 0.5) is 19.0 Å². The zero-order valence-electron chi connectivity index (χ0n) is 16.8. The molecule has 4 atom stereocenters. The van der Waals surface area contributed by atoms with Crippen LogP contribution in [0.1, 0.15) is 11.8 Å². The maximum absolute atomic E-state index is 14.2. The molecule has 34 heavy (non-hydrogen) atoms. The molecule has 1 aromatic carbocycles. The summed E-state index contributed by atoms with van der Waals surface area (Å²) in [6.45, 7) is -1.08. The van der Waals surface area contributed by atoms with Crippen LogP contribution in [0.25, 0.3) is 11.2 Å². The Labute approximate surface area is 187 Å². The number of hydrogen-bond donors (Lipinski definition) is 6. The molecular weight excluding hydrogens is 490 g/mol. The minimum atomic E-state index is -5.25. The normalized spacial score (nSPS) is 22.9. The fourth-order valence-electron chi connectivity index (χ4n) is 3.41. The van der Waals surface area contributed by atoms with E-state index in [1.165, 1.54) is 10.9 Å². The number of aliphatic hydroxyl groups excluding tert-OH is 3. The molecule has 17 heteroatoms. The summed E-state index contributed by atoms with van der Waals surface area (Å²) in [5.74, 6) is -6.72. The first-order valence-corrected chi connectivity index (χ1v) is 11.0. The van der Waals surface area contributed by atoms with Crippen LogP contribution < -0.4 is 9.84 Å². The van der Waals surface area contributed by atoms with Crippen LogP contribution in [0.5, 0.6) is 5.75 Å². The highest BCUT2D eigenvalue weighted by atomic mass is 31.2. The number of imidazole rings is 1. The zero-order valence-corrected chi connectivity index (χ0v) is 17.7. The number of halogens is 3. The number of rotatable bonds is 7. The van der Waals surface area contributed by atoms with E-state index < -0.39 is 74.3 Å². The summed E-state index contributed by atoms with van der Waals surface area (Å²) in [5.41, 5.74) is -0.337. The summed E-state index contributed by atoms with van der Waals surface area (Å²) >= 11 is 0. The van der Waals surface area contributed by atoms with Crippen molar-refractivity contribution in [3.8, 4) is 5.75 Å². The molecule has 6 N–H and O–H groups in total. The highest BCUT2D eigenvalue weighted by molar-refractivity contribution is 7.46. The van der Waals surface area contributed by atoms with Gasteiger partial charge in [-0.1, -0.05) is 0 Å². The van der Waals surface area contributed by atoms with Crippen molar-refractivity contribution in [3.63, 3.8) is 0 Å². The number of hydrogen-bond acceptors (Lipinski definition) is 10. The molecule has 184 valence electrons. The second kappa shape index (κ2) is 9.07. The van der Waals surface area contributed by atoms with Gasteiger partial charge in [0, 0.05) is 12.1 Å². The molecule has 2 aromatic heterocycles. The van der Waals surface area contributed by atoms with Crippen LogP contribution in [0.2, 0.25) is 0 Å². The van der Waals surface area contributed by atoms with E-state index in [9.17, 15) is 33.1 Å². The van der Waals surface area contributed by atoms with Gasteiger partial charge in [-0.3, -0.25) is 14.4 Å². The molecule has 1 fully saturated rings. The lowest BCUT2D eigenvalue weighted by molar-refractivity contribution is -0.0511. The molecule has 3 aromatic rings. The molecular formula is C17H17F3N5O8P. The highest BCUT2D eigenvalue weighted by Gasteiger charge is 2.44. The lowest BCUT2D eigenvalue weighted by atomic mass is 10.1. The Balaban J connectivity index is 1.62. The average molecular weight is 507 g/mol. The van der Waals surface area contributed by atoms with Crippen molar-refractivity contribution in [1.29, 1.82) is 0 Å². The van der Waals surface area contributed by atoms with Crippen LogP contribution >= 0.6 is 7.82 Å². The first kappa shape index (κ1) is 24.3. The van der Waals surface area contributed by atoms with E-state index in [4.69, 9.17) is 14.5 Å². The fourth-order valence-corrected chi connectivity index (χ4v) is 3.80. The van der Waals surface area contributed by atoms with E-state index in [2.05, 4.69) is 24.8 Å². The van der Waals surface area contributed by atoms with Crippen molar-refractivity contribution >= 4 is 24.8 Å². The van der Waals surface area contributed by atoms with Crippen molar-refractivity contribution in [2.45, 2.75) is 31.1 Å². The first-order chi connectivity index (χ1) is 16.0. The van der Waals surface area contributed by atoms with E-state index in [1.807, 2.05) is 0 Å². The van der Waals surface area contributed by atoms with Gasteiger partial charge in [0.2, 0.25) is 5.82 Å². The van der Waals surface area contributed by atoms with Crippen LogP contribution in [0, 0.1) is 17.5 Å². The van der Waals surface area contributed by atoms with Gasteiger partial charge in [-0.15, -0.1) is 0 Å². The van der Waals surface area contributed by atoms with Gasteiger partial charge < -0.3 is 29.9 Å². The predicted molar refractivity (Wildman–Crippen MR) is 105 cm³/mol. The molecule has 0 unspecified atom stereocenters. The fraction of sp³-hybridized carbons (Fsp3) is 0.353. The monoisotopic (exact) mass is 507 g/mol.